The van der Waals surface area contributed by atoms with Crippen molar-refractivity contribution in [2.24, 2.45) is 18.7 Å². The Bertz CT molecular complexity index is 929. The molecule has 1 heterocycles. The van der Waals surface area contributed by atoms with E-state index in [2.05, 4.69) is 35.5 Å². The topological polar surface area (TPSA) is 51.9 Å². The normalized spacial score (nSPS) is 19.0. The molecule has 0 radical (unpaired) electrons. The van der Waals surface area contributed by atoms with Gasteiger partial charge in [-0.2, -0.15) is 0 Å². The van der Waals surface area contributed by atoms with Crippen molar-refractivity contribution in [3.05, 3.63) is 90.0 Å². The first-order chi connectivity index (χ1) is 13.5. The number of aromatic nitrogens is 2. The van der Waals surface area contributed by atoms with E-state index in [0.717, 1.165) is 30.4 Å². The van der Waals surface area contributed by atoms with Crippen LogP contribution in [-0.4, -0.2) is 10.5 Å². The van der Waals surface area contributed by atoms with E-state index in [0.29, 0.717) is 6.04 Å². The zero-order valence-electron chi connectivity index (χ0n) is 17.0. The summed E-state index contributed by atoms with van der Waals surface area (Å²) < 4.78 is 4.49. The lowest BCUT2D eigenvalue weighted by Gasteiger charge is -2.37. The van der Waals surface area contributed by atoms with Crippen LogP contribution in [-0.2, 0) is 17.3 Å². The maximum Gasteiger partial charge on any atom is 0.253 e. The van der Waals surface area contributed by atoms with Crippen molar-refractivity contribution < 1.29 is 33.3 Å². The van der Waals surface area contributed by atoms with E-state index in [1.165, 1.54) is 5.82 Å². The number of aryl methyl sites for hydroxylation is 1. The minimum Gasteiger partial charge on any atom is -1.00 e. The zero-order valence-corrected chi connectivity index (χ0v) is 19.1. The van der Waals surface area contributed by atoms with E-state index in [9.17, 15) is 4.79 Å². The number of benzene rings is 2. The number of hydrogen-bond acceptors (Lipinski definition) is 1. The highest BCUT2D eigenvalue weighted by atomic mass is 127. The number of nitrogens with zero attached hydrogens (tertiary/aromatic N) is 2. The highest BCUT2D eigenvalue weighted by Gasteiger charge is 2.51. The summed E-state index contributed by atoms with van der Waals surface area (Å²) in [6, 6.07) is 20.5. The lowest BCUT2D eigenvalue weighted by molar-refractivity contribution is -0.677. The first-order valence-corrected chi connectivity index (χ1v) is 9.99. The SMILES string of the molecule is Cc1n([C@H]2CC[C@H](C(C(N)=O)(c3ccccc3)c3ccccc3)C2)cc[n+]1C.[I-]. The lowest BCUT2D eigenvalue weighted by atomic mass is 9.64. The molecule has 29 heavy (non-hydrogen) atoms. The lowest BCUT2D eigenvalue weighted by Crippen LogP contribution is -3.00. The molecule has 0 bridgehead atoms. The molecule has 0 spiro atoms. The number of imidazole rings is 1. The summed E-state index contributed by atoms with van der Waals surface area (Å²) in [4.78, 5) is 13.1. The molecule has 152 valence electrons. The molecular formula is C24H28IN3O. The predicted octanol–water partition coefficient (Wildman–Crippen LogP) is 0.438. The fourth-order valence-electron chi connectivity index (χ4n) is 5.09. The van der Waals surface area contributed by atoms with Crippen molar-refractivity contribution in [3.8, 4) is 0 Å². The van der Waals surface area contributed by atoms with Gasteiger partial charge < -0.3 is 29.7 Å². The van der Waals surface area contributed by atoms with Gasteiger partial charge in [-0.3, -0.25) is 4.79 Å². The summed E-state index contributed by atoms with van der Waals surface area (Å²) in [7, 11) is 2.07. The molecular weight excluding hydrogens is 473 g/mol. The Labute approximate surface area is 189 Å². The smallest absolute Gasteiger partial charge is 0.253 e. The van der Waals surface area contributed by atoms with Crippen molar-refractivity contribution in [1.82, 2.24) is 4.57 Å². The number of primary amides is 1. The van der Waals surface area contributed by atoms with Gasteiger partial charge in [-0.25, -0.2) is 9.13 Å². The van der Waals surface area contributed by atoms with Crippen molar-refractivity contribution in [2.75, 3.05) is 0 Å². The quantitative estimate of drug-likeness (QED) is 0.401. The predicted molar refractivity (Wildman–Crippen MR) is 110 cm³/mol. The van der Waals surface area contributed by atoms with Gasteiger partial charge in [-0.1, -0.05) is 60.7 Å². The van der Waals surface area contributed by atoms with Crippen LogP contribution in [0, 0.1) is 12.8 Å². The van der Waals surface area contributed by atoms with E-state index >= 15 is 0 Å². The van der Waals surface area contributed by atoms with Gasteiger partial charge >= 0.3 is 0 Å². The highest BCUT2D eigenvalue weighted by molar-refractivity contribution is 5.91. The number of halogens is 1. The summed E-state index contributed by atoms with van der Waals surface area (Å²) in [5.74, 6) is 1.13. The molecule has 4 nitrogen and oxygen atoms in total. The second kappa shape index (κ2) is 8.69. The molecule has 5 heteroatoms. The minimum absolute atomic E-state index is 0. The third-order valence-electron chi connectivity index (χ3n) is 6.59. The molecule has 4 rings (SSSR count). The van der Waals surface area contributed by atoms with Crippen LogP contribution >= 0.6 is 0 Å². The van der Waals surface area contributed by atoms with Crippen molar-refractivity contribution in [1.29, 1.82) is 0 Å². The average Bonchev–Trinajstić information content (AvgIpc) is 3.32. The van der Waals surface area contributed by atoms with E-state index in [1.54, 1.807) is 0 Å². The van der Waals surface area contributed by atoms with Crippen LogP contribution in [0.2, 0.25) is 0 Å². The molecule has 1 saturated carbocycles. The molecule has 2 aromatic carbocycles. The fourth-order valence-corrected chi connectivity index (χ4v) is 5.09. The fraction of sp³-hybridized carbons (Fsp3) is 0.333. The Morgan fingerprint density at radius 2 is 1.59 bits per heavy atom. The number of nitrogens with two attached hydrogens (primary N) is 1. The van der Waals surface area contributed by atoms with E-state index < -0.39 is 5.41 Å². The van der Waals surface area contributed by atoms with E-state index in [1.807, 2.05) is 60.7 Å². The average molecular weight is 501 g/mol. The monoisotopic (exact) mass is 501 g/mol. The van der Waals surface area contributed by atoms with Gasteiger partial charge in [0.25, 0.3) is 5.82 Å². The van der Waals surface area contributed by atoms with Crippen molar-refractivity contribution in [3.63, 3.8) is 0 Å². The number of carbonyl (C=O) groups excluding carboxylic acids is 1. The van der Waals surface area contributed by atoms with E-state index in [4.69, 9.17) is 5.73 Å². The number of rotatable bonds is 5. The van der Waals surface area contributed by atoms with Crippen LogP contribution in [0.1, 0.15) is 42.3 Å². The summed E-state index contributed by atoms with van der Waals surface area (Å²) in [6.45, 7) is 2.14. The second-order valence-corrected chi connectivity index (χ2v) is 7.93. The van der Waals surface area contributed by atoms with E-state index in [-0.39, 0.29) is 35.8 Å². The van der Waals surface area contributed by atoms with Gasteiger partial charge in [0.05, 0.1) is 7.05 Å². The van der Waals surface area contributed by atoms with Crippen LogP contribution in [0.3, 0.4) is 0 Å². The van der Waals surface area contributed by atoms with Crippen LogP contribution in [0.25, 0.3) is 0 Å². The maximum atomic E-state index is 13.1. The Hall–Kier alpha value is -2.15. The third-order valence-corrected chi connectivity index (χ3v) is 6.59. The summed E-state index contributed by atoms with van der Waals surface area (Å²) >= 11 is 0. The molecule has 1 aliphatic carbocycles. The summed E-state index contributed by atoms with van der Waals surface area (Å²) in [6.07, 6.45) is 7.20. The van der Waals surface area contributed by atoms with Crippen molar-refractivity contribution >= 4 is 5.91 Å². The standard InChI is InChI=1S/C24H27N3O.HI/c1-18-26(2)15-16-27(18)22-14-13-21(17-22)24(23(25)28,19-9-5-3-6-10-19)20-11-7-4-8-12-20;/h3-12,15-16,21-22H,13-14,17H2,1-2H3,(H-,25,28);1H/t21-,22-;/m0./s1. The minimum atomic E-state index is -0.805. The Morgan fingerprint density at radius 3 is 2.03 bits per heavy atom. The van der Waals surface area contributed by atoms with Gasteiger partial charge in [0.1, 0.15) is 23.9 Å². The van der Waals surface area contributed by atoms with Gasteiger partial charge in [-0.15, -0.1) is 0 Å². The second-order valence-electron chi connectivity index (χ2n) is 7.93. The number of hydrogen-bond donors (Lipinski definition) is 1. The number of amides is 1. The maximum absolute atomic E-state index is 13.1. The van der Waals surface area contributed by atoms with Crippen LogP contribution in [0.5, 0.6) is 0 Å². The number of carbonyl (C=O) groups is 1. The summed E-state index contributed by atoms with van der Waals surface area (Å²) in [5, 5.41) is 0. The van der Waals surface area contributed by atoms with Crippen LogP contribution in [0.15, 0.2) is 73.1 Å². The molecule has 3 aromatic rings. The van der Waals surface area contributed by atoms with Gasteiger partial charge in [0.15, 0.2) is 0 Å². The Balaban J connectivity index is 0.00000240. The molecule has 1 amide bonds. The molecule has 1 fully saturated rings. The zero-order chi connectivity index (χ0) is 19.7. The Kier molecular flexibility index (Phi) is 6.46. The van der Waals surface area contributed by atoms with Gasteiger partial charge in [0, 0.05) is 6.92 Å². The molecule has 1 aromatic heterocycles. The first kappa shape index (κ1) is 21.6. The molecule has 2 atom stereocenters. The molecule has 1 aliphatic rings. The molecule has 2 N–H and O–H groups in total. The summed E-state index contributed by atoms with van der Waals surface area (Å²) in [5.41, 5.74) is 7.37. The van der Waals surface area contributed by atoms with Crippen molar-refractivity contribution in [2.45, 2.75) is 37.6 Å². The van der Waals surface area contributed by atoms with Crippen LogP contribution in [0.4, 0.5) is 0 Å². The van der Waals surface area contributed by atoms with Crippen LogP contribution < -0.4 is 34.3 Å². The first-order valence-electron chi connectivity index (χ1n) is 9.99. The van der Waals surface area contributed by atoms with Gasteiger partial charge in [0.2, 0.25) is 5.91 Å². The third kappa shape index (κ3) is 3.61. The highest BCUT2D eigenvalue weighted by Crippen LogP contribution is 2.49. The molecule has 0 saturated heterocycles. The largest absolute Gasteiger partial charge is 1.00 e. The molecule has 0 aliphatic heterocycles. The Morgan fingerprint density at radius 1 is 1.03 bits per heavy atom. The molecule has 0 unspecified atom stereocenters. The van der Waals surface area contributed by atoms with Gasteiger partial charge in [-0.05, 0) is 36.3 Å².